The fourth-order valence-corrected chi connectivity index (χ4v) is 3.06. The molecule has 0 aromatic heterocycles. The van der Waals surface area contributed by atoms with E-state index in [1.165, 1.54) is 11.1 Å². The van der Waals surface area contributed by atoms with Crippen molar-refractivity contribution in [1.29, 1.82) is 0 Å². The summed E-state index contributed by atoms with van der Waals surface area (Å²) in [6.07, 6.45) is 0. The third kappa shape index (κ3) is 6.84. The van der Waals surface area contributed by atoms with Gasteiger partial charge < -0.3 is 9.47 Å². The lowest BCUT2D eigenvalue weighted by molar-refractivity contribution is 0.0648. The zero-order valence-electron chi connectivity index (χ0n) is 16.5. The van der Waals surface area contributed by atoms with Crippen LogP contribution in [0.4, 0.5) is 0 Å². The number of benzene rings is 3. The molecule has 3 aromatic carbocycles. The molecule has 1 atom stereocenters. The summed E-state index contributed by atoms with van der Waals surface area (Å²) >= 11 is 0. The maximum atomic E-state index is 5.98. The highest BCUT2D eigenvalue weighted by Crippen LogP contribution is 2.13. The molecule has 1 unspecified atom stereocenters. The van der Waals surface area contributed by atoms with E-state index in [1.54, 1.807) is 0 Å². The Balaban J connectivity index is 1.52. The molecule has 3 nitrogen and oxygen atoms in total. The van der Waals surface area contributed by atoms with Gasteiger partial charge in [-0.1, -0.05) is 78.9 Å². The maximum Gasteiger partial charge on any atom is 0.119 e. The Labute approximate surface area is 168 Å². The van der Waals surface area contributed by atoms with E-state index in [-0.39, 0.29) is 6.04 Å². The molecule has 3 heteroatoms. The molecule has 0 bridgehead atoms. The second kappa shape index (κ2) is 11.3. The first-order valence-corrected chi connectivity index (χ1v) is 9.89. The molecular formula is C25H29NO2. The van der Waals surface area contributed by atoms with E-state index < -0.39 is 0 Å². The molecule has 0 N–H and O–H groups in total. The van der Waals surface area contributed by atoms with Gasteiger partial charge in [0.2, 0.25) is 0 Å². The molecule has 0 aliphatic heterocycles. The number of hydrogen-bond acceptors (Lipinski definition) is 3. The van der Waals surface area contributed by atoms with Crippen LogP contribution in [0.2, 0.25) is 0 Å². The van der Waals surface area contributed by atoms with Gasteiger partial charge in [0.15, 0.2) is 0 Å². The third-order valence-corrected chi connectivity index (χ3v) is 4.72. The fraction of sp³-hybridized carbons (Fsp3) is 0.280. The van der Waals surface area contributed by atoms with Crippen molar-refractivity contribution in [1.82, 2.24) is 4.90 Å². The van der Waals surface area contributed by atoms with E-state index >= 15 is 0 Å². The summed E-state index contributed by atoms with van der Waals surface area (Å²) in [7, 11) is 0. The molecule has 0 aliphatic carbocycles. The lowest BCUT2D eigenvalue weighted by Gasteiger charge is -2.29. The van der Waals surface area contributed by atoms with E-state index in [0.717, 1.165) is 18.8 Å². The van der Waals surface area contributed by atoms with Crippen LogP contribution < -0.4 is 4.74 Å². The van der Waals surface area contributed by atoms with E-state index in [0.29, 0.717) is 19.8 Å². The van der Waals surface area contributed by atoms with Gasteiger partial charge in [-0.05, 0) is 30.2 Å². The van der Waals surface area contributed by atoms with E-state index in [9.17, 15) is 0 Å². The van der Waals surface area contributed by atoms with Crippen molar-refractivity contribution in [3.8, 4) is 5.75 Å². The largest absolute Gasteiger partial charge is 0.492 e. The van der Waals surface area contributed by atoms with Crippen molar-refractivity contribution < 1.29 is 9.47 Å². The second-order valence-electron chi connectivity index (χ2n) is 6.97. The van der Waals surface area contributed by atoms with Gasteiger partial charge in [0, 0.05) is 19.1 Å². The predicted molar refractivity (Wildman–Crippen MR) is 114 cm³/mol. The first-order chi connectivity index (χ1) is 13.8. The molecule has 3 rings (SSSR count). The molecule has 0 saturated carbocycles. The van der Waals surface area contributed by atoms with Gasteiger partial charge in [-0.2, -0.15) is 0 Å². The van der Waals surface area contributed by atoms with Gasteiger partial charge in [-0.15, -0.1) is 0 Å². The molecule has 0 aliphatic rings. The highest BCUT2D eigenvalue weighted by atomic mass is 16.5. The molecule has 146 valence electrons. The van der Waals surface area contributed by atoms with Crippen LogP contribution in [0.3, 0.4) is 0 Å². The molecule has 0 amide bonds. The number of rotatable bonds is 11. The smallest absolute Gasteiger partial charge is 0.119 e. The van der Waals surface area contributed by atoms with Crippen LogP contribution in [0.25, 0.3) is 0 Å². The van der Waals surface area contributed by atoms with Crippen LogP contribution >= 0.6 is 0 Å². The van der Waals surface area contributed by atoms with Crippen molar-refractivity contribution in [3.63, 3.8) is 0 Å². The molecule has 0 fully saturated rings. The molecule has 0 radical (unpaired) electrons. The summed E-state index contributed by atoms with van der Waals surface area (Å²) in [6.45, 7) is 5.95. The monoisotopic (exact) mass is 375 g/mol. The lowest BCUT2D eigenvalue weighted by Crippen LogP contribution is -2.39. The van der Waals surface area contributed by atoms with Gasteiger partial charge in [-0.3, -0.25) is 4.90 Å². The zero-order valence-corrected chi connectivity index (χ0v) is 16.5. The summed E-state index contributed by atoms with van der Waals surface area (Å²) in [5.41, 5.74) is 2.51. The number of ether oxygens (including phenoxy) is 2. The van der Waals surface area contributed by atoms with E-state index in [1.807, 2.05) is 48.5 Å². The first kappa shape index (κ1) is 20.1. The van der Waals surface area contributed by atoms with Gasteiger partial charge >= 0.3 is 0 Å². The SMILES string of the molecule is CC(COc1ccccc1)N(CCOCc1ccccc1)Cc1ccccc1. The molecule has 0 spiro atoms. The van der Waals surface area contributed by atoms with Crippen molar-refractivity contribution in [2.45, 2.75) is 26.1 Å². The first-order valence-electron chi connectivity index (χ1n) is 9.89. The summed E-state index contributed by atoms with van der Waals surface area (Å²) in [5, 5.41) is 0. The van der Waals surface area contributed by atoms with Crippen LogP contribution in [-0.2, 0) is 17.9 Å². The van der Waals surface area contributed by atoms with Crippen LogP contribution in [-0.4, -0.2) is 30.7 Å². The highest BCUT2D eigenvalue weighted by Gasteiger charge is 2.15. The Morgan fingerprint density at radius 3 is 1.96 bits per heavy atom. The van der Waals surface area contributed by atoms with Gasteiger partial charge in [0.1, 0.15) is 12.4 Å². The quantitative estimate of drug-likeness (QED) is 0.431. The number of nitrogens with zero attached hydrogens (tertiary/aromatic N) is 1. The Bertz CT molecular complexity index is 777. The second-order valence-corrected chi connectivity index (χ2v) is 6.97. The lowest BCUT2D eigenvalue weighted by atomic mass is 10.2. The fourth-order valence-electron chi connectivity index (χ4n) is 3.06. The number of para-hydroxylation sites is 1. The average molecular weight is 376 g/mol. The molecule has 0 saturated heterocycles. The summed E-state index contributed by atoms with van der Waals surface area (Å²) in [6, 6.07) is 31.1. The third-order valence-electron chi connectivity index (χ3n) is 4.72. The predicted octanol–water partition coefficient (Wildman–Crippen LogP) is 5.17. The average Bonchev–Trinajstić information content (AvgIpc) is 2.76. The molecule has 0 heterocycles. The zero-order chi connectivity index (χ0) is 19.4. The van der Waals surface area contributed by atoms with Crippen LogP contribution in [0.15, 0.2) is 91.0 Å². The molecule has 3 aromatic rings. The minimum absolute atomic E-state index is 0.278. The Kier molecular flexibility index (Phi) is 8.10. The van der Waals surface area contributed by atoms with Crippen molar-refractivity contribution >= 4 is 0 Å². The Morgan fingerprint density at radius 2 is 1.32 bits per heavy atom. The standard InChI is InChI=1S/C25H29NO2/c1-22(20-28-25-15-9-4-10-16-25)26(19-23-11-5-2-6-12-23)17-18-27-21-24-13-7-3-8-14-24/h2-16,22H,17-21H2,1H3. The minimum atomic E-state index is 0.278. The van der Waals surface area contributed by atoms with Gasteiger partial charge in [0.05, 0.1) is 13.2 Å². The van der Waals surface area contributed by atoms with E-state index in [4.69, 9.17) is 9.47 Å². The Hall–Kier alpha value is -2.62. The van der Waals surface area contributed by atoms with Gasteiger partial charge in [0.25, 0.3) is 0 Å². The summed E-state index contributed by atoms with van der Waals surface area (Å²) in [5.74, 6) is 0.911. The van der Waals surface area contributed by atoms with Crippen molar-refractivity contribution in [2.24, 2.45) is 0 Å². The normalized spacial score (nSPS) is 12.1. The highest BCUT2D eigenvalue weighted by molar-refractivity contribution is 5.21. The summed E-state index contributed by atoms with van der Waals surface area (Å²) in [4.78, 5) is 2.42. The summed E-state index contributed by atoms with van der Waals surface area (Å²) < 4.78 is 11.9. The van der Waals surface area contributed by atoms with Crippen LogP contribution in [0, 0.1) is 0 Å². The van der Waals surface area contributed by atoms with Crippen molar-refractivity contribution in [3.05, 3.63) is 102 Å². The van der Waals surface area contributed by atoms with E-state index in [2.05, 4.69) is 54.3 Å². The maximum absolute atomic E-state index is 5.98. The Morgan fingerprint density at radius 1 is 0.750 bits per heavy atom. The van der Waals surface area contributed by atoms with Gasteiger partial charge in [-0.25, -0.2) is 0 Å². The molecular weight excluding hydrogens is 346 g/mol. The number of hydrogen-bond donors (Lipinski definition) is 0. The van der Waals surface area contributed by atoms with Crippen molar-refractivity contribution in [2.75, 3.05) is 19.8 Å². The topological polar surface area (TPSA) is 21.7 Å². The minimum Gasteiger partial charge on any atom is -0.492 e. The molecule has 28 heavy (non-hydrogen) atoms. The van der Waals surface area contributed by atoms with Crippen LogP contribution in [0.5, 0.6) is 5.75 Å². The van der Waals surface area contributed by atoms with Crippen LogP contribution in [0.1, 0.15) is 18.1 Å².